The highest BCUT2D eigenvalue weighted by molar-refractivity contribution is 5.99. The van der Waals surface area contributed by atoms with Gasteiger partial charge in [-0.3, -0.25) is 10.8 Å². The molecular formula is C20H19N5O2. The van der Waals surface area contributed by atoms with Gasteiger partial charge in [-0.2, -0.15) is 0 Å². The van der Waals surface area contributed by atoms with Crippen LogP contribution in [0.5, 0.6) is 5.75 Å². The fourth-order valence-electron chi connectivity index (χ4n) is 2.58. The van der Waals surface area contributed by atoms with Crippen LogP contribution in [0.1, 0.15) is 15.9 Å². The number of guanidine groups is 1. The smallest absolute Gasteiger partial charge is 0.343 e. The van der Waals surface area contributed by atoms with Crippen molar-refractivity contribution in [1.82, 2.24) is 0 Å². The molecule has 7 heteroatoms. The minimum absolute atomic E-state index is 0.00580. The second-order valence-corrected chi connectivity index (χ2v) is 6.02. The fourth-order valence-corrected chi connectivity index (χ4v) is 2.58. The predicted octanol–water partition coefficient (Wildman–Crippen LogP) is 2.67. The lowest BCUT2D eigenvalue weighted by Crippen LogP contribution is -2.32. The van der Waals surface area contributed by atoms with Crippen LogP contribution in [0.15, 0.2) is 60.7 Å². The first-order chi connectivity index (χ1) is 12.8. The maximum Gasteiger partial charge on any atom is 0.343 e. The standard InChI is InChI=1S/C20H19N5O2/c1-25(20(23)24)16-7-4-12(5-8-16)19(26)27-17-9-6-13-10-15(18(21)22)3-2-14(13)11-17/h2-11H,1H3,(H3,21,22)(H3,23,24). The molecule has 0 aromatic heterocycles. The molecule has 3 aromatic carbocycles. The van der Waals surface area contributed by atoms with E-state index in [1.807, 2.05) is 18.2 Å². The molecule has 0 bridgehead atoms. The minimum Gasteiger partial charge on any atom is -0.423 e. The van der Waals surface area contributed by atoms with Gasteiger partial charge in [-0.05, 0) is 53.2 Å². The number of carbonyl (C=O) groups is 1. The number of carbonyl (C=O) groups excluding carboxylic acids is 1. The topological polar surface area (TPSA) is 129 Å². The first-order valence-corrected chi connectivity index (χ1v) is 8.13. The molecule has 0 heterocycles. The summed E-state index contributed by atoms with van der Waals surface area (Å²) in [5, 5.41) is 16.7. The summed E-state index contributed by atoms with van der Waals surface area (Å²) in [6.45, 7) is 0. The Hall–Kier alpha value is -3.87. The molecule has 3 rings (SSSR count). The molecule has 0 aliphatic heterocycles. The minimum atomic E-state index is -0.480. The molecule has 3 aromatic rings. The van der Waals surface area contributed by atoms with Gasteiger partial charge in [-0.15, -0.1) is 0 Å². The molecule has 0 saturated carbocycles. The van der Waals surface area contributed by atoms with Crippen LogP contribution in [0.2, 0.25) is 0 Å². The van der Waals surface area contributed by atoms with E-state index in [-0.39, 0.29) is 11.8 Å². The van der Waals surface area contributed by atoms with Crippen LogP contribution >= 0.6 is 0 Å². The van der Waals surface area contributed by atoms with Crippen LogP contribution < -0.4 is 21.1 Å². The van der Waals surface area contributed by atoms with Gasteiger partial charge in [0.15, 0.2) is 5.96 Å². The van der Waals surface area contributed by atoms with E-state index in [1.54, 1.807) is 49.5 Å². The van der Waals surface area contributed by atoms with Gasteiger partial charge in [0.25, 0.3) is 0 Å². The fraction of sp³-hybridized carbons (Fsp3) is 0.0500. The molecular weight excluding hydrogens is 342 g/mol. The Morgan fingerprint density at radius 3 is 2.11 bits per heavy atom. The quantitative estimate of drug-likeness (QED) is 0.246. The van der Waals surface area contributed by atoms with Crippen molar-refractivity contribution in [2.75, 3.05) is 11.9 Å². The van der Waals surface area contributed by atoms with Crippen LogP contribution in [0.3, 0.4) is 0 Å². The number of benzene rings is 3. The molecule has 0 saturated heterocycles. The number of hydrogen-bond donors (Lipinski definition) is 4. The van der Waals surface area contributed by atoms with Crippen molar-refractivity contribution in [2.45, 2.75) is 0 Å². The zero-order valence-corrected chi connectivity index (χ0v) is 14.7. The second-order valence-electron chi connectivity index (χ2n) is 6.02. The summed E-state index contributed by atoms with van der Waals surface area (Å²) < 4.78 is 5.45. The van der Waals surface area contributed by atoms with Gasteiger partial charge in [-0.1, -0.05) is 18.2 Å². The third kappa shape index (κ3) is 3.87. The average molecular weight is 361 g/mol. The molecule has 0 spiro atoms. The highest BCUT2D eigenvalue weighted by Gasteiger charge is 2.11. The Labute approximate surface area is 156 Å². The number of ether oxygens (including phenoxy) is 1. The van der Waals surface area contributed by atoms with Crippen molar-refractivity contribution >= 4 is 34.2 Å². The number of fused-ring (bicyclic) bond motifs is 1. The number of amidine groups is 1. The molecule has 0 amide bonds. The van der Waals surface area contributed by atoms with Crippen molar-refractivity contribution in [3.05, 3.63) is 71.8 Å². The lowest BCUT2D eigenvalue weighted by atomic mass is 10.1. The maximum atomic E-state index is 12.4. The third-order valence-corrected chi connectivity index (χ3v) is 4.18. The SMILES string of the molecule is CN(C(=N)N)c1ccc(C(=O)Oc2ccc3cc(C(=N)N)ccc3c2)cc1. The number of rotatable bonds is 4. The van der Waals surface area contributed by atoms with E-state index in [4.69, 9.17) is 27.0 Å². The van der Waals surface area contributed by atoms with Gasteiger partial charge in [0.2, 0.25) is 0 Å². The summed E-state index contributed by atoms with van der Waals surface area (Å²) in [5.74, 6) is -0.138. The number of nitrogens with one attached hydrogen (secondary N) is 2. The van der Waals surface area contributed by atoms with E-state index in [1.165, 1.54) is 4.90 Å². The first kappa shape index (κ1) is 17.9. The van der Waals surface area contributed by atoms with Crippen LogP contribution in [-0.2, 0) is 0 Å². The van der Waals surface area contributed by atoms with Gasteiger partial charge in [0.1, 0.15) is 11.6 Å². The molecule has 0 radical (unpaired) electrons. The second kappa shape index (κ2) is 7.17. The Bertz CT molecular complexity index is 1040. The lowest BCUT2D eigenvalue weighted by molar-refractivity contribution is 0.0735. The highest BCUT2D eigenvalue weighted by atomic mass is 16.5. The van der Waals surface area contributed by atoms with Gasteiger partial charge < -0.3 is 21.1 Å². The first-order valence-electron chi connectivity index (χ1n) is 8.13. The van der Waals surface area contributed by atoms with Gasteiger partial charge in [0.05, 0.1) is 5.56 Å². The predicted molar refractivity (Wildman–Crippen MR) is 107 cm³/mol. The number of anilines is 1. The molecule has 7 nitrogen and oxygen atoms in total. The van der Waals surface area contributed by atoms with Crippen LogP contribution in [-0.4, -0.2) is 24.8 Å². The zero-order chi connectivity index (χ0) is 19.6. The van der Waals surface area contributed by atoms with Crippen molar-refractivity contribution in [2.24, 2.45) is 11.5 Å². The molecule has 0 atom stereocenters. The third-order valence-electron chi connectivity index (χ3n) is 4.18. The zero-order valence-electron chi connectivity index (χ0n) is 14.7. The van der Waals surface area contributed by atoms with Crippen LogP contribution in [0.4, 0.5) is 5.69 Å². The Morgan fingerprint density at radius 2 is 1.48 bits per heavy atom. The monoisotopic (exact) mass is 361 g/mol. The van der Waals surface area contributed by atoms with Gasteiger partial charge >= 0.3 is 5.97 Å². The van der Waals surface area contributed by atoms with E-state index >= 15 is 0 Å². The molecule has 0 aliphatic carbocycles. The summed E-state index contributed by atoms with van der Waals surface area (Å²) in [4.78, 5) is 13.9. The molecule has 0 aliphatic rings. The molecule has 6 N–H and O–H groups in total. The van der Waals surface area contributed by atoms with Crippen LogP contribution in [0, 0.1) is 10.8 Å². The molecule has 0 unspecified atom stereocenters. The van der Waals surface area contributed by atoms with E-state index in [2.05, 4.69) is 0 Å². The normalized spacial score (nSPS) is 10.4. The summed E-state index contributed by atoms with van der Waals surface area (Å²) in [5.41, 5.74) is 12.7. The van der Waals surface area contributed by atoms with Crippen molar-refractivity contribution in [3.8, 4) is 5.75 Å². The highest BCUT2D eigenvalue weighted by Crippen LogP contribution is 2.23. The maximum absolute atomic E-state index is 12.4. The van der Waals surface area contributed by atoms with Crippen molar-refractivity contribution < 1.29 is 9.53 Å². The van der Waals surface area contributed by atoms with Crippen molar-refractivity contribution in [3.63, 3.8) is 0 Å². The van der Waals surface area contributed by atoms with E-state index in [0.29, 0.717) is 22.6 Å². The summed E-state index contributed by atoms with van der Waals surface area (Å²) in [6.07, 6.45) is 0. The molecule has 136 valence electrons. The van der Waals surface area contributed by atoms with E-state index in [9.17, 15) is 4.79 Å². The number of nitrogens with two attached hydrogens (primary N) is 2. The van der Waals surface area contributed by atoms with Crippen LogP contribution in [0.25, 0.3) is 10.8 Å². The molecule has 0 fully saturated rings. The summed E-state index contributed by atoms with van der Waals surface area (Å²) >= 11 is 0. The van der Waals surface area contributed by atoms with Gasteiger partial charge in [0, 0.05) is 18.3 Å². The number of nitrogen functional groups attached to an aromatic ring is 1. The van der Waals surface area contributed by atoms with Crippen molar-refractivity contribution in [1.29, 1.82) is 10.8 Å². The number of esters is 1. The summed E-state index contributed by atoms with van der Waals surface area (Å²) in [6, 6.07) is 17.3. The largest absolute Gasteiger partial charge is 0.423 e. The van der Waals surface area contributed by atoms with Gasteiger partial charge in [-0.25, -0.2) is 4.79 Å². The molecule has 27 heavy (non-hydrogen) atoms. The summed E-state index contributed by atoms with van der Waals surface area (Å²) in [7, 11) is 1.67. The average Bonchev–Trinajstić information content (AvgIpc) is 2.66. The Morgan fingerprint density at radius 1 is 0.889 bits per heavy atom. The van der Waals surface area contributed by atoms with E-state index < -0.39 is 5.97 Å². The Kier molecular flexibility index (Phi) is 4.76. The number of nitrogens with zero attached hydrogens (tertiary/aromatic N) is 1. The lowest BCUT2D eigenvalue weighted by Gasteiger charge is -2.16. The number of hydrogen-bond acceptors (Lipinski definition) is 4. The van der Waals surface area contributed by atoms with E-state index in [0.717, 1.165) is 10.8 Å². The Balaban J connectivity index is 1.78.